The number of anilines is 1. The van der Waals surface area contributed by atoms with Gasteiger partial charge in [-0.15, -0.1) is 0 Å². The van der Waals surface area contributed by atoms with E-state index in [0.717, 1.165) is 0 Å². The first kappa shape index (κ1) is 9.83. The van der Waals surface area contributed by atoms with Gasteiger partial charge in [0.25, 0.3) is 5.91 Å². The highest BCUT2D eigenvalue weighted by Gasteiger charge is 2.33. The molecule has 86 valence electrons. The second kappa shape index (κ2) is 3.58. The van der Waals surface area contributed by atoms with Crippen LogP contribution < -0.4 is 10.3 Å². The Morgan fingerprint density at radius 2 is 2.00 bits per heavy atom. The van der Waals surface area contributed by atoms with Crippen LogP contribution in [-0.4, -0.2) is 23.3 Å². The summed E-state index contributed by atoms with van der Waals surface area (Å²) >= 11 is 0. The highest BCUT2D eigenvalue weighted by molar-refractivity contribution is 6.01. The van der Waals surface area contributed by atoms with Crippen molar-refractivity contribution in [1.82, 2.24) is 10.3 Å². The van der Waals surface area contributed by atoms with Crippen LogP contribution in [0.5, 0.6) is 0 Å². The van der Waals surface area contributed by atoms with Gasteiger partial charge in [-0.3, -0.25) is 15.1 Å². The van der Waals surface area contributed by atoms with E-state index in [1.165, 1.54) is 17.0 Å². The fourth-order valence-corrected chi connectivity index (χ4v) is 1.78. The quantitative estimate of drug-likeness (QED) is 0.779. The first-order valence-corrected chi connectivity index (χ1v) is 5.09. The standard InChI is InChI=1S/C11H9FN4O/c12-8-1-3-9(4-2-8)16-6-5-15-7-13-14-10(15)11(16)17/h1-7,10,14H. The van der Waals surface area contributed by atoms with Crippen LogP contribution in [0.3, 0.4) is 0 Å². The van der Waals surface area contributed by atoms with E-state index in [0.29, 0.717) is 5.69 Å². The van der Waals surface area contributed by atoms with Crippen LogP contribution in [0.2, 0.25) is 0 Å². The summed E-state index contributed by atoms with van der Waals surface area (Å²) in [5, 5.41) is 3.81. The van der Waals surface area contributed by atoms with Gasteiger partial charge in [-0.25, -0.2) is 4.39 Å². The van der Waals surface area contributed by atoms with Gasteiger partial charge in [0.15, 0.2) is 0 Å². The molecule has 2 aliphatic rings. The largest absolute Gasteiger partial charge is 0.306 e. The van der Waals surface area contributed by atoms with E-state index >= 15 is 0 Å². The number of rotatable bonds is 1. The zero-order valence-electron chi connectivity index (χ0n) is 8.75. The number of nitrogens with zero attached hydrogens (tertiary/aromatic N) is 3. The number of carbonyl (C=O) groups is 1. The fourth-order valence-electron chi connectivity index (χ4n) is 1.78. The number of fused-ring (bicyclic) bond motifs is 1. The molecule has 5 nitrogen and oxygen atoms in total. The molecule has 0 fully saturated rings. The molecule has 0 aromatic heterocycles. The predicted octanol–water partition coefficient (Wildman–Crippen LogP) is 0.818. The number of hydrazone groups is 1. The molecule has 0 saturated heterocycles. The molecule has 0 aliphatic carbocycles. The molecule has 2 aliphatic heterocycles. The number of nitrogens with one attached hydrogen (secondary N) is 1. The summed E-state index contributed by atoms with van der Waals surface area (Å²) in [5.74, 6) is -0.484. The molecule has 1 aromatic carbocycles. The maximum atomic E-state index is 12.8. The van der Waals surface area contributed by atoms with Crippen molar-refractivity contribution in [3.8, 4) is 0 Å². The molecule has 1 amide bonds. The Morgan fingerprint density at radius 1 is 1.24 bits per heavy atom. The van der Waals surface area contributed by atoms with E-state index in [2.05, 4.69) is 10.5 Å². The summed E-state index contributed by atoms with van der Waals surface area (Å²) in [4.78, 5) is 15.2. The first-order valence-electron chi connectivity index (χ1n) is 5.09. The van der Waals surface area contributed by atoms with E-state index in [1.54, 1.807) is 35.8 Å². The number of hydrogen-bond donors (Lipinski definition) is 1. The summed E-state index contributed by atoms with van der Waals surface area (Å²) < 4.78 is 12.8. The summed E-state index contributed by atoms with van der Waals surface area (Å²) in [5.41, 5.74) is 3.32. The van der Waals surface area contributed by atoms with Gasteiger partial charge in [-0.05, 0) is 24.3 Å². The van der Waals surface area contributed by atoms with Crippen molar-refractivity contribution in [3.63, 3.8) is 0 Å². The van der Waals surface area contributed by atoms with Gasteiger partial charge in [0.2, 0.25) is 6.17 Å². The molecule has 1 atom stereocenters. The first-order chi connectivity index (χ1) is 8.25. The number of amides is 1. The van der Waals surface area contributed by atoms with E-state index in [4.69, 9.17) is 0 Å². The molecule has 0 saturated carbocycles. The molecule has 6 heteroatoms. The molecule has 1 aromatic rings. The second-order valence-electron chi connectivity index (χ2n) is 3.71. The molecule has 1 N–H and O–H groups in total. The van der Waals surface area contributed by atoms with Gasteiger partial charge in [0.05, 0.1) is 0 Å². The van der Waals surface area contributed by atoms with Gasteiger partial charge in [0.1, 0.15) is 12.2 Å². The normalized spacial score (nSPS) is 21.7. The lowest BCUT2D eigenvalue weighted by atomic mass is 10.2. The van der Waals surface area contributed by atoms with Crippen molar-refractivity contribution in [3.05, 3.63) is 42.5 Å². The lowest BCUT2D eigenvalue weighted by Crippen LogP contribution is -2.51. The van der Waals surface area contributed by atoms with Gasteiger partial charge in [0, 0.05) is 18.1 Å². The average Bonchev–Trinajstić information content (AvgIpc) is 2.80. The minimum Gasteiger partial charge on any atom is -0.306 e. The third kappa shape index (κ3) is 1.54. The number of halogens is 1. The second-order valence-corrected chi connectivity index (χ2v) is 3.71. The lowest BCUT2D eigenvalue weighted by Gasteiger charge is -2.30. The molecule has 3 rings (SSSR count). The van der Waals surface area contributed by atoms with E-state index < -0.39 is 6.17 Å². The highest BCUT2D eigenvalue weighted by atomic mass is 19.1. The Hall–Kier alpha value is -2.37. The topological polar surface area (TPSA) is 47.9 Å². The van der Waals surface area contributed by atoms with Crippen LogP contribution in [-0.2, 0) is 4.79 Å². The van der Waals surface area contributed by atoms with E-state index in [1.807, 2.05) is 0 Å². The van der Waals surface area contributed by atoms with Crippen LogP contribution in [0.4, 0.5) is 10.1 Å². The molecule has 2 heterocycles. The van der Waals surface area contributed by atoms with Crippen molar-refractivity contribution in [2.75, 3.05) is 4.90 Å². The van der Waals surface area contributed by atoms with E-state index in [-0.39, 0.29) is 11.7 Å². The average molecular weight is 232 g/mol. The molecule has 1 unspecified atom stereocenters. The zero-order chi connectivity index (χ0) is 11.8. The molecule has 0 bridgehead atoms. The lowest BCUT2D eigenvalue weighted by molar-refractivity contribution is -0.122. The maximum absolute atomic E-state index is 12.8. The van der Waals surface area contributed by atoms with Crippen molar-refractivity contribution in [2.24, 2.45) is 5.10 Å². The third-order valence-electron chi connectivity index (χ3n) is 2.65. The number of benzene rings is 1. The SMILES string of the molecule is O=C1C2NN=CN2C=CN1c1ccc(F)cc1. The summed E-state index contributed by atoms with van der Waals surface area (Å²) in [6.45, 7) is 0. The van der Waals surface area contributed by atoms with Crippen LogP contribution in [0, 0.1) is 5.82 Å². The Labute approximate surface area is 96.8 Å². The van der Waals surface area contributed by atoms with E-state index in [9.17, 15) is 9.18 Å². The van der Waals surface area contributed by atoms with Gasteiger partial charge < -0.3 is 4.90 Å². The smallest absolute Gasteiger partial charge is 0.276 e. The van der Waals surface area contributed by atoms with Crippen molar-refractivity contribution in [2.45, 2.75) is 6.17 Å². The summed E-state index contributed by atoms with van der Waals surface area (Å²) in [6, 6.07) is 5.76. The highest BCUT2D eigenvalue weighted by Crippen LogP contribution is 2.21. The minimum absolute atomic E-state index is 0.156. The molecule has 17 heavy (non-hydrogen) atoms. The Kier molecular flexibility index (Phi) is 2.07. The predicted molar refractivity (Wildman–Crippen MR) is 60.3 cm³/mol. The van der Waals surface area contributed by atoms with Crippen LogP contribution in [0.1, 0.15) is 0 Å². The summed E-state index contributed by atoms with van der Waals surface area (Å²) in [6.07, 6.45) is 4.40. The van der Waals surface area contributed by atoms with Gasteiger partial charge in [-0.1, -0.05) is 0 Å². The maximum Gasteiger partial charge on any atom is 0.276 e. The Morgan fingerprint density at radius 3 is 2.76 bits per heavy atom. The van der Waals surface area contributed by atoms with Gasteiger partial charge in [-0.2, -0.15) is 5.10 Å². The number of hydrogen-bond acceptors (Lipinski definition) is 4. The Balaban J connectivity index is 1.92. The van der Waals surface area contributed by atoms with Crippen LogP contribution in [0.15, 0.2) is 41.8 Å². The van der Waals surface area contributed by atoms with Crippen molar-refractivity contribution < 1.29 is 9.18 Å². The zero-order valence-corrected chi connectivity index (χ0v) is 8.75. The summed E-state index contributed by atoms with van der Waals surface area (Å²) in [7, 11) is 0. The van der Waals surface area contributed by atoms with Crippen molar-refractivity contribution >= 4 is 17.9 Å². The fraction of sp³-hybridized carbons (Fsp3) is 0.0909. The molecular weight excluding hydrogens is 223 g/mol. The molecule has 0 radical (unpaired) electrons. The third-order valence-corrected chi connectivity index (χ3v) is 2.65. The van der Waals surface area contributed by atoms with Crippen LogP contribution in [0.25, 0.3) is 0 Å². The minimum atomic E-state index is -0.509. The number of carbonyl (C=O) groups excluding carboxylic acids is 1. The van der Waals surface area contributed by atoms with Crippen LogP contribution >= 0.6 is 0 Å². The van der Waals surface area contributed by atoms with Crippen molar-refractivity contribution in [1.29, 1.82) is 0 Å². The monoisotopic (exact) mass is 232 g/mol. The molecule has 0 spiro atoms. The molecular formula is C11H9FN4O. The van der Waals surface area contributed by atoms with Gasteiger partial charge >= 0.3 is 0 Å². The Bertz CT molecular complexity index is 511.